The molecule has 6 aromatic carbocycles. The van der Waals surface area contributed by atoms with Gasteiger partial charge in [0.25, 0.3) is 0 Å². The molecule has 69 heavy (non-hydrogen) atoms. The number of hydrogen-bond acceptors (Lipinski definition) is 0. The van der Waals surface area contributed by atoms with Gasteiger partial charge in [0.1, 0.15) is 0 Å². The molecule has 6 aromatic rings. The van der Waals surface area contributed by atoms with Gasteiger partial charge in [-0.2, -0.15) is 0 Å². The van der Waals surface area contributed by atoms with Crippen LogP contribution in [0.15, 0.2) is 132 Å². The molecule has 2 aliphatic rings. The lowest BCUT2D eigenvalue weighted by Gasteiger charge is -2.26. The van der Waals surface area contributed by atoms with Crippen LogP contribution in [0.1, 0.15) is 74.6 Å². The maximum absolute atomic E-state index is 2.68. The number of allylic oxidation sites excluding steroid dienone is 2. The fourth-order valence-electron chi connectivity index (χ4n) is 11.0. The highest BCUT2D eigenvalue weighted by Crippen LogP contribution is 2.51. The molecule has 0 spiro atoms. The average molecular weight is 992 g/mol. The van der Waals surface area contributed by atoms with E-state index in [-0.39, 0.29) is 0 Å². The van der Waals surface area contributed by atoms with Gasteiger partial charge in [0.15, 0.2) is 0 Å². The predicted octanol–water partition coefficient (Wildman–Crippen LogP) is 16.8. The molecule has 2 atom stereocenters. The summed E-state index contributed by atoms with van der Waals surface area (Å²) in [4.78, 5) is 0. The van der Waals surface area contributed by atoms with Crippen molar-refractivity contribution in [1.82, 2.24) is 0 Å². The zero-order chi connectivity index (χ0) is 49.8. The molecule has 0 fully saturated rings. The van der Waals surface area contributed by atoms with Crippen molar-refractivity contribution in [2.75, 3.05) is 0 Å². The zero-order valence-corrected chi connectivity index (χ0v) is 50.3. The lowest BCUT2D eigenvalue weighted by atomic mass is 9.86. The second-order valence-electron chi connectivity index (χ2n) is 25.7. The average Bonchev–Trinajstić information content (AvgIpc) is 3.80. The van der Waals surface area contributed by atoms with Gasteiger partial charge in [-0.1, -0.05) is 284 Å². The molecule has 358 valence electrons. The van der Waals surface area contributed by atoms with Gasteiger partial charge in [-0.25, -0.2) is 0 Å². The first-order valence-electron chi connectivity index (χ1n) is 26.3. The molecule has 2 aliphatic carbocycles. The molecular formula is C64H82Si5. The van der Waals surface area contributed by atoms with E-state index >= 15 is 0 Å². The first-order chi connectivity index (χ1) is 32.4. The summed E-state index contributed by atoms with van der Waals surface area (Å²) in [6.45, 7) is 40.0. The highest BCUT2D eigenvalue weighted by molar-refractivity contribution is 6.92. The van der Waals surface area contributed by atoms with Crippen LogP contribution in [0.3, 0.4) is 0 Å². The van der Waals surface area contributed by atoms with Crippen LogP contribution in [0, 0.1) is 11.8 Å². The Morgan fingerprint density at radius 1 is 0.391 bits per heavy atom. The van der Waals surface area contributed by atoms with Gasteiger partial charge >= 0.3 is 0 Å². The minimum Gasteiger partial charge on any atom is -0.0656 e. The third-order valence-corrected chi connectivity index (χ3v) is 24.4. The van der Waals surface area contributed by atoms with Crippen LogP contribution >= 0.6 is 0 Å². The quantitative estimate of drug-likeness (QED) is 0.0848. The van der Waals surface area contributed by atoms with E-state index in [0.29, 0.717) is 23.7 Å². The van der Waals surface area contributed by atoms with E-state index in [1.165, 1.54) is 67.7 Å². The molecule has 2 unspecified atom stereocenters. The van der Waals surface area contributed by atoms with E-state index in [1.807, 2.05) is 0 Å². The van der Waals surface area contributed by atoms with Crippen molar-refractivity contribution < 1.29 is 0 Å². The molecule has 0 amide bonds. The van der Waals surface area contributed by atoms with Gasteiger partial charge < -0.3 is 0 Å². The Morgan fingerprint density at radius 3 is 1.00 bits per heavy atom. The molecule has 0 aromatic heterocycles. The maximum atomic E-state index is 2.68. The van der Waals surface area contributed by atoms with E-state index < -0.39 is 32.3 Å². The van der Waals surface area contributed by atoms with Gasteiger partial charge in [-0.15, -0.1) is 0 Å². The van der Waals surface area contributed by atoms with Crippen LogP contribution < -0.4 is 20.7 Å². The number of rotatable bonds is 16. The molecule has 0 saturated heterocycles. The van der Waals surface area contributed by atoms with Crippen LogP contribution in [0.4, 0.5) is 0 Å². The van der Waals surface area contributed by atoms with Gasteiger partial charge in [-0.05, 0) is 91.4 Å². The zero-order valence-electron chi connectivity index (χ0n) is 45.3. The van der Waals surface area contributed by atoms with E-state index in [2.05, 4.69) is 240 Å². The standard InChI is InChI=1S/C64H82Si5/c1-43(2)31-47-37-59-57(29-27-55(45-23-19-17-20-24-45)63(59)49-33-51(66(5,6)7)39-52(34-49)67(8,9)10)61(47)41-65-42-62-48(32-44(3)4)38-60-58(62)30-28-56(46-25-21-18-22-26-46)64(60)50-35-53(68(11,12)13)40-54(36-50)69(14,15)16/h17-30,33-40,43-44,61-62H,31-32,41-42H2,1-16H3. The minimum absolute atomic E-state index is 0.444. The van der Waals surface area contributed by atoms with Crippen molar-refractivity contribution in [1.29, 1.82) is 0 Å². The highest BCUT2D eigenvalue weighted by Gasteiger charge is 2.34. The smallest absolute Gasteiger partial charge is 0.0656 e. The van der Waals surface area contributed by atoms with Crippen LogP contribution in [-0.4, -0.2) is 41.8 Å². The lowest BCUT2D eigenvalue weighted by molar-refractivity contribution is 0.616. The molecule has 8 rings (SSSR count). The van der Waals surface area contributed by atoms with Crippen molar-refractivity contribution in [2.45, 2.75) is 143 Å². The first-order valence-corrected chi connectivity index (χ1v) is 41.7. The van der Waals surface area contributed by atoms with Gasteiger partial charge in [-0.3, -0.25) is 0 Å². The SMILES string of the molecule is CC(C)CC1=Cc2c(ccc(-c3ccccc3)c2-c2cc([Si](C)(C)C)cc([Si](C)(C)C)c2)C1C[Si]CC1C(CC(C)C)=Cc2c1ccc(-c1ccccc1)c2-c1cc([Si](C)(C)C)cc([Si](C)(C)C)c1. The Labute approximate surface area is 426 Å². The summed E-state index contributed by atoms with van der Waals surface area (Å²) in [5.74, 6) is 2.09. The summed E-state index contributed by atoms with van der Waals surface area (Å²) in [7, 11) is -5.58. The summed E-state index contributed by atoms with van der Waals surface area (Å²) in [5.41, 5.74) is 20.5. The molecule has 0 nitrogen and oxygen atoms in total. The van der Waals surface area contributed by atoms with E-state index in [4.69, 9.17) is 0 Å². The van der Waals surface area contributed by atoms with Crippen molar-refractivity contribution in [3.63, 3.8) is 0 Å². The van der Waals surface area contributed by atoms with E-state index in [9.17, 15) is 0 Å². The van der Waals surface area contributed by atoms with Crippen molar-refractivity contribution >= 4 is 74.7 Å². The molecule has 0 bridgehead atoms. The fraction of sp³-hybridized carbons (Fsp3) is 0.375. The summed E-state index contributed by atoms with van der Waals surface area (Å²) in [5, 5.41) is 6.33. The second kappa shape index (κ2) is 19.8. The second-order valence-corrected chi connectivity index (χ2v) is 47.3. The van der Waals surface area contributed by atoms with Crippen LogP contribution in [0.2, 0.25) is 90.7 Å². The van der Waals surface area contributed by atoms with Crippen LogP contribution in [-0.2, 0) is 0 Å². The third kappa shape index (κ3) is 11.2. The summed E-state index contributed by atoms with van der Waals surface area (Å²) in [6.07, 6.45) is 7.64. The molecule has 0 saturated carbocycles. The maximum Gasteiger partial charge on any atom is 0.0776 e. The fourth-order valence-corrected chi connectivity index (χ4v) is 17.7. The number of hydrogen-bond donors (Lipinski definition) is 0. The lowest BCUT2D eigenvalue weighted by Crippen LogP contribution is -2.45. The highest BCUT2D eigenvalue weighted by atomic mass is 28.3. The molecule has 0 aliphatic heterocycles. The monoisotopic (exact) mass is 991 g/mol. The Hall–Kier alpha value is -4.12. The minimum atomic E-state index is -1.61. The molecular weight excluding hydrogens is 909 g/mol. The van der Waals surface area contributed by atoms with Crippen LogP contribution in [0.25, 0.3) is 56.7 Å². The predicted molar refractivity (Wildman–Crippen MR) is 322 cm³/mol. The van der Waals surface area contributed by atoms with Gasteiger partial charge in [0, 0.05) is 21.4 Å². The van der Waals surface area contributed by atoms with Crippen molar-refractivity contribution in [3.8, 4) is 44.5 Å². The van der Waals surface area contributed by atoms with Gasteiger partial charge in [0.05, 0.1) is 32.3 Å². The van der Waals surface area contributed by atoms with Crippen molar-refractivity contribution in [2.24, 2.45) is 11.8 Å². The van der Waals surface area contributed by atoms with E-state index in [1.54, 1.807) is 43.0 Å². The summed E-state index contributed by atoms with van der Waals surface area (Å²) < 4.78 is 0. The molecule has 2 radical (unpaired) electrons. The molecule has 0 N–H and O–H groups in total. The largest absolute Gasteiger partial charge is 0.0776 e. The molecule has 5 heteroatoms. The van der Waals surface area contributed by atoms with Crippen LogP contribution in [0.5, 0.6) is 0 Å². The summed E-state index contributed by atoms with van der Waals surface area (Å²) >= 11 is 0. The van der Waals surface area contributed by atoms with E-state index in [0.717, 1.165) is 22.4 Å². The molecule has 0 heterocycles. The normalized spacial score (nSPS) is 16.3. The Morgan fingerprint density at radius 2 is 0.710 bits per heavy atom. The van der Waals surface area contributed by atoms with Gasteiger partial charge in [0.2, 0.25) is 0 Å². The summed E-state index contributed by atoms with van der Waals surface area (Å²) in [6, 6.07) is 50.6. The topological polar surface area (TPSA) is 0 Å². The first kappa shape index (κ1) is 51.2. The number of fused-ring (bicyclic) bond motifs is 2. The third-order valence-electron chi connectivity index (χ3n) is 14.9. The Balaban J connectivity index is 1.23. The van der Waals surface area contributed by atoms with Crippen molar-refractivity contribution in [3.05, 3.63) is 155 Å². The Kier molecular flexibility index (Phi) is 14.7. The number of benzene rings is 6. The Bertz CT molecular complexity index is 2630.